The van der Waals surface area contributed by atoms with Crippen LogP contribution in [-0.2, 0) is 4.74 Å². The molecule has 1 saturated heterocycles. The molecule has 1 fully saturated rings. The van der Waals surface area contributed by atoms with Gasteiger partial charge in [0, 0.05) is 10.8 Å². The second-order valence-electron chi connectivity index (χ2n) is 7.40. The smallest absolute Gasteiger partial charge is 0.344 e. The van der Waals surface area contributed by atoms with Crippen molar-refractivity contribution in [1.29, 1.82) is 0 Å². The first-order valence-corrected chi connectivity index (χ1v) is 9.78. The van der Waals surface area contributed by atoms with E-state index in [1.165, 1.54) is 13.2 Å². The molecule has 0 bridgehead atoms. The SMILES string of the molecule is COc1c(O[C@@H]2O[C@H](CO)[C@@H](O)[C@H](O)[C@H]2O)ccc2c1oc(=O)c1ccc3c(c12)OCO3. The number of aliphatic hydroxyl groups excluding tert-OH is 4. The number of benzene rings is 2. The van der Waals surface area contributed by atoms with Gasteiger partial charge in [-0.15, -0.1) is 0 Å². The number of fused-ring (bicyclic) bond motifs is 5. The van der Waals surface area contributed by atoms with E-state index in [2.05, 4.69) is 0 Å². The van der Waals surface area contributed by atoms with Crippen LogP contribution in [0.1, 0.15) is 0 Å². The molecule has 2 aliphatic heterocycles. The lowest BCUT2D eigenvalue weighted by atomic mass is 9.99. The second-order valence-corrected chi connectivity index (χ2v) is 7.40. The zero-order valence-electron chi connectivity index (χ0n) is 16.8. The molecule has 1 aromatic heterocycles. The quantitative estimate of drug-likeness (QED) is 0.311. The monoisotopic (exact) mass is 448 g/mol. The van der Waals surface area contributed by atoms with Gasteiger partial charge in [0.05, 0.1) is 19.1 Å². The Morgan fingerprint density at radius 2 is 1.81 bits per heavy atom. The van der Waals surface area contributed by atoms with E-state index in [4.69, 9.17) is 28.1 Å². The predicted octanol–water partition coefficient (Wildman–Crippen LogP) is -0.138. The van der Waals surface area contributed by atoms with Crippen LogP contribution in [0.25, 0.3) is 21.7 Å². The summed E-state index contributed by atoms with van der Waals surface area (Å²) in [5.41, 5.74) is -0.565. The fourth-order valence-electron chi connectivity index (χ4n) is 3.98. The van der Waals surface area contributed by atoms with Crippen LogP contribution in [0.15, 0.2) is 33.5 Å². The van der Waals surface area contributed by atoms with Crippen molar-refractivity contribution in [3.63, 3.8) is 0 Å². The molecule has 0 aliphatic carbocycles. The standard InChI is InChI=1S/C21H20O11/c1-27-19-11(30-21-16(25)15(24)14(23)12(6-22)31-21)5-2-8-13-9(20(26)32-17(8)19)3-4-10-18(13)29-7-28-10/h2-5,12,14-16,21-25H,6-7H2,1H3/t12-,14-,15+,16-,21-/m1/s1. The average molecular weight is 448 g/mol. The second kappa shape index (κ2) is 7.80. The summed E-state index contributed by atoms with van der Waals surface area (Å²) in [7, 11) is 1.34. The summed E-state index contributed by atoms with van der Waals surface area (Å²) in [6.07, 6.45) is -7.34. The summed E-state index contributed by atoms with van der Waals surface area (Å²) in [6, 6.07) is 6.34. The summed E-state index contributed by atoms with van der Waals surface area (Å²) in [5.74, 6) is 0.974. The molecule has 11 heteroatoms. The Morgan fingerprint density at radius 3 is 2.56 bits per heavy atom. The maximum Gasteiger partial charge on any atom is 0.344 e. The molecule has 11 nitrogen and oxygen atoms in total. The van der Waals surface area contributed by atoms with Gasteiger partial charge in [0.1, 0.15) is 24.4 Å². The molecule has 5 atom stereocenters. The molecular weight excluding hydrogens is 428 g/mol. The fourth-order valence-corrected chi connectivity index (χ4v) is 3.98. The highest BCUT2D eigenvalue weighted by Crippen LogP contribution is 2.45. The van der Waals surface area contributed by atoms with Gasteiger partial charge in [-0.05, 0) is 24.3 Å². The number of hydrogen-bond donors (Lipinski definition) is 4. The topological polar surface area (TPSA) is 157 Å². The minimum Gasteiger partial charge on any atom is -0.490 e. The van der Waals surface area contributed by atoms with E-state index in [-0.39, 0.29) is 23.9 Å². The number of aliphatic hydroxyl groups is 4. The lowest BCUT2D eigenvalue weighted by Gasteiger charge is -2.39. The van der Waals surface area contributed by atoms with Crippen molar-refractivity contribution in [2.45, 2.75) is 30.7 Å². The molecule has 0 radical (unpaired) electrons. The van der Waals surface area contributed by atoms with E-state index < -0.39 is 42.9 Å². The Balaban J connectivity index is 1.63. The van der Waals surface area contributed by atoms with Gasteiger partial charge in [-0.1, -0.05) is 0 Å². The Bertz CT molecular complexity index is 1230. The van der Waals surface area contributed by atoms with Crippen LogP contribution < -0.4 is 24.6 Å². The normalized spacial score (nSPS) is 27.1. The first kappa shape index (κ1) is 20.8. The first-order chi connectivity index (χ1) is 15.4. The molecule has 2 aliphatic rings. The Morgan fingerprint density at radius 1 is 1.03 bits per heavy atom. The lowest BCUT2D eigenvalue weighted by Crippen LogP contribution is -2.60. The van der Waals surface area contributed by atoms with E-state index in [1.54, 1.807) is 18.2 Å². The molecule has 170 valence electrons. The van der Waals surface area contributed by atoms with Crippen LogP contribution in [0.4, 0.5) is 0 Å². The first-order valence-electron chi connectivity index (χ1n) is 9.78. The maximum atomic E-state index is 12.7. The van der Waals surface area contributed by atoms with Gasteiger partial charge in [-0.3, -0.25) is 0 Å². The molecule has 2 aromatic carbocycles. The summed E-state index contributed by atoms with van der Waals surface area (Å²) >= 11 is 0. The van der Waals surface area contributed by atoms with Crippen molar-refractivity contribution in [1.82, 2.24) is 0 Å². The molecule has 0 saturated carbocycles. The predicted molar refractivity (Wildman–Crippen MR) is 107 cm³/mol. The van der Waals surface area contributed by atoms with E-state index in [9.17, 15) is 25.2 Å². The summed E-state index contributed by atoms with van der Waals surface area (Å²) in [4.78, 5) is 12.7. The van der Waals surface area contributed by atoms with Crippen molar-refractivity contribution >= 4 is 21.7 Å². The minimum atomic E-state index is -1.62. The molecule has 5 rings (SSSR count). The van der Waals surface area contributed by atoms with E-state index in [0.717, 1.165) is 0 Å². The molecule has 32 heavy (non-hydrogen) atoms. The molecule has 0 amide bonds. The molecule has 3 heterocycles. The largest absolute Gasteiger partial charge is 0.490 e. The van der Waals surface area contributed by atoms with Gasteiger partial charge in [0.2, 0.25) is 18.8 Å². The molecular formula is C21H20O11. The van der Waals surface area contributed by atoms with Crippen molar-refractivity contribution in [3.05, 3.63) is 34.7 Å². The summed E-state index contributed by atoms with van der Waals surface area (Å²) < 4.78 is 33.0. The molecule has 0 spiro atoms. The van der Waals surface area contributed by atoms with Gasteiger partial charge < -0.3 is 48.5 Å². The van der Waals surface area contributed by atoms with Crippen molar-refractivity contribution in [2.75, 3.05) is 20.5 Å². The van der Waals surface area contributed by atoms with Crippen molar-refractivity contribution < 1.29 is 48.5 Å². The maximum absolute atomic E-state index is 12.7. The molecule has 0 unspecified atom stereocenters. The van der Waals surface area contributed by atoms with Gasteiger partial charge in [-0.2, -0.15) is 0 Å². The molecule has 4 N–H and O–H groups in total. The van der Waals surface area contributed by atoms with Gasteiger partial charge in [0.25, 0.3) is 0 Å². The Hall–Kier alpha value is -3.09. The zero-order valence-corrected chi connectivity index (χ0v) is 16.8. The van der Waals surface area contributed by atoms with Crippen molar-refractivity contribution in [2.24, 2.45) is 0 Å². The third kappa shape index (κ3) is 3.05. The number of rotatable bonds is 4. The highest BCUT2D eigenvalue weighted by Gasteiger charge is 2.45. The van der Waals surface area contributed by atoms with Crippen LogP contribution in [0, 0.1) is 0 Å². The van der Waals surface area contributed by atoms with Crippen LogP contribution in [0.5, 0.6) is 23.0 Å². The number of hydrogen-bond acceptors (Lipinski definition) is 11. The van der Waals surface area contributed by atoms with Crippen LogP contribution in [-0.4, -0.2) is 71.6 Å². The molecule has 3 aromatic rings. The van der Waals surface area contributed by atoms with Crippen LogP contribution in [0.3, 0.4) is 0 Å². The third-order valence-electron chi connectivity index (χ3n) is 5.59. The summed E-state index contributed by atoms with van der Waals surface area (Å²) in [5, 5.41) is 40.9. The van der Waals surface area contributed by atoms with E-state index in [1.807, 2.05) is 0 Å². The Kier molecular flexibility index (Phi) is 5.07. The lowest BCUT2D eigenvalue weighted by molar-refractivity contribution is -0.277. The minimum absolute atomic E-state index is 0.0195. The highest BCUT2D eigenvalue weighted by atomic mass is 16.7. The number of ether oxygens (including phenoxy) is 5. The van der Waals surface area contributed by atoms with Gasteiger partial charge in [0.15, 0.2) is 22.8 Å². The highest BCUT2D eigenvalue weighted by molar-refractivity contribution is 6.10. The summed E-state index contributed by atoms with van der Waals surface area (Å²) in [6.45, 7) is -0.584. The van der Waals surface area contributed by atoms with E-state index >= 15 is 0 Å². The fraction of sp³-hybridized carbons (Fsp3) is 0.381. The zero-order chi connectivity index (χ0) is 22.6. The third-order valence-corrected chi connectivity index (χ3v) is 5.59. The van der Waals surface area contributed by atoms with Crippen LogP contribution >= 0.6 is 0 Å². The van der Waals surface area contributed by atoms with E-state index in [0.29, 0.717) is 27.7 Å². The van der Waals surface area contributed by atoms with Gasteiger partial charge in [-0.25, -0.2) is 4.79 Å². The number of methoxy groups -OCH3 is 1. The Labute approximate surface area is 179 Å². The average Bonchev–Trinajstić information content (AvgIpc) is 3.28. The van der Waals surface area contributed by atoms with Crippen LogP contribution in [0.2, 0.25) is 0 Å². The van der Waals surface area contributed by atoms with Gasteiger partial charge >= 0.3 is 5.63 Å². The van der Waals surface area contributed by atoms with Crippen molar-refractivity contribution in [3.8, 4) is 23.0 Å².